The van der Waals surface area contributed by atoms with E-state index in [1.54, 1.807) is 31.6 Å². The molecule has 5 nitrogen and oxygen atoms in total. The normalized spacial score (nSPS) is 15.8. The number of carbonyl (C=O) groups is 1. The highest BCUT2D eigenvalue weighted by Gasteiger charge is 2.33. The summed E-state index contributed by atoms with van der Waals surface area (Å²) >= 11 is 0. The molecule has 1 amide bonds. The standard InChI is InChI=1S/C28H33FN2O3/c1-20-25(13-16-34-20)28(32)30(2)27(17-21-7-5-4-6-8-21)22-11-14-31(15-12-22)19-23-18-24(33-3)9-10-26(23)29/h4-10,13,16,18,22,27H,11-12,14-15,17,19H2,1-3H3/t27-/m0/s1. The predicted molar refractivity (Wildman–Crippen MR) is 130 cm³/mol. The molecule has 4 rings (SSSR count). The average Bonchev–Trinajstić information content (AvgIpc) is 3.30. The van der Waals surface area contributed by atoms with Crippen molar-refractivity contribution < 1.29 is 18.3 Å². The molecule has 1 saturated heterocycles. The molecule has 1 aliphatic rings. The van der Waals surface area contributed by atoms with Crippen LogP contribution in [-0.4, -0.2) is 49.0 Å². The molecule has 180 valence electrons. The number of rotatable bonds is 8. The molecule has 0 N–H and O–H groups in total. The highest BCUT2D eigenvalue weighted by atomic mass is 19.1. The number of ether oxygens (including phenoxy) is 1. The molecule has 0 bridgehead atoms. The number of halogens is 1. The van der Waals surface area contributed by atoms with Gasteiger partial charge < -0.3 is 14.1 Å². The Labute approximate surface area is 201 Å². The van der Waals surface area contributed by atoms with Gasteiger partial charge in [-0.05, 0) is 75.0 Å². The Bertz CT molecular complexity index is 1090. The van der Waals surface area contributed by atoms with Crippen molar-refractivity contribution in [1.82, 2.24) is 9.80 Å². The summed E-state index contributed by atoms with van der Waals surface area (Å²) in [7, 11) is 3.50. The van der Waals surface area contributed by atoms with Crippen molar-refractivity contribution in [2.75, 3.05) is 27.2 Å². The number of likely N-dealkylation sites (N-methyl/N-ethyl adjacent to an activating group) is 1. The maximum Gasteiger partial charge on any atom is 0.257 e. The minimum Gasteiger partial charge on any atom is -0.497 e. The third-order valence-corrected chi connectivity index (χ3v) is 7.02. The molecule has 0 radical (unpaired) electrons. The zero-order valence-corrected chi connectivity index (χ0v) is 20.2. The molecule has 0 spiro atoms. The van der Waals surface area contributed by atoms with Gasteiger partial charge in [0.05, 0.1) is 18.9 Å². The van der Waals surface area contributed by atoms with E-state index in [0.717, 1.165) is 32.4 Å². The topological polar surface area (TPSA) is 45.9 Å². The molecule has 0 unspecified atom stereocenters. The third-order valence-electron chi connectivity index (χ3n) is 7.02. The van der Waals surface area contributed by atoms with Crippen molar-refractivity contribution in [3.8, 4) is 5.75 Å². The highest BCUT2D eigenvalue weighted by Crippen LogP contribution is 2.29. The van der Waals surface area contributed by atoms with Crippen molar-refractivity contribution in [1.29, 1.82) is 0 Å². The Balaban J connectivity index is 1.47. The van der Waals surface area contributed by atoms with Crippen molar-refractivity contribution >= 4 is 5.91 Å². The molecule has 3 aromatic rings. The number of aryl methyl sites for hydroxylation is 1. The number of likely N-dealkylation sites (tertiary alicyclic amines) is 1. The van der Waals surface area contributed by atoms with E-state index in [2.05, 4.69) is 17.0 Å². The zero-order chi connectivity index (χ0) is 24.1. The summed E-state index contributed by atoms with van der Waals surface area (Å²) in [5.41, 5.74) is 2.49. The van der Waals surface area contributed by atoms with Gasteiger partial charge in [0.2, 0.25) is 0 Å². The summed E-state index contributed by atoms with van der Waals surface area (Å²) in [6.45, 7) is 4.10. The van der Waals surface area contributed by atoms with Crippen LogP contribution in [0, 0.1) is 18.7 Å². The number of hydrogen-bond acceptors (Lipinski definition) is 4. The molecular weight excluding hydrogens is 431 g/mol. The lowest BCUT2D eigenvalue weighted by Crippen LogP contribution is -2.47. The summed E-state index contributed by atoms with van der Waals surface area (Å²) in [5.74, 6) is 1.46. The van der Waals surface area contributed by atoms with Gasteiger partial charge in [0.15, 0.2) is 0 Å². The molecule has 2 aromatic carbocycles. The second-order valence-corrected chi connectivity index (χ2v) is 9.13. The van der Waals surface area contributed by atoms with E-state index in [9.17, 15) is 9.18 Å². The fourth-order valence-electron chi connectivity index (χ4n) is 4.96. The first-order chi connectivity index (χ1) is 16.5. The molecule has 34 heavy (non-hydrogen) atoms. The molecule has 1 fully saturated rings. The van der Waals surface area contributed by atoms with Crippen LogP contribution < -0.4 is 4.74 Å². The van der Waals surface area contributed by atoms with Gasteiger partial charge >= 0.3 is 0 Å². The van der Waals surface area contributed by atoms with Crippen LogP contribution in [0.15, 0.2) is 65.3 Å². The van der Waals surface area contributed by atoms with Gasteiger partial charge in [-0.3, -0.25) is 9.69 Å². The average molecular weight is 465 g/mol. The van der Waals surface area contributed by atoms with E-state index >= 15 is 0 Å². The number of methoxy groups -OCH3 is 1. The quantitative estimate of drug-likeness (QED) is 0.452. The summed E-state index contributed by atoms with van der Waals surface area (Å²) in [5, 5.41) is 0. The lowest BCUT2D eigenvalue weighted by molar-refractivity contribution is 0.0582. The monoisotopic (exact) mass is 464 g/mol. The van der Waals surface area contributed by atoms with Gasteiger partial charge in [-0.1, -0.05) is 30.3 Å². The van der Waals surface area contributed by atoms with Gasteiger partial charge in [-0.2, -0.15) is 0 Å². The van der Waals surface area contributed by atoms with Crippen molar-refractivity contribution in [2.45, 2.75) is 38.8 Å². The largest absolute Gasteiger partial charge is 0.497 e. The first-order valence-electron chi connectivity index (χ1n) is 11.9. The molecule has 0 saturated carbocycles. The Hall–Kier alpha value is -3.12. The second kappa shape index (κ2) is 10.9. The maximum atomic E-state index is 14.3. The SMILES string of the molecule is COc1ccc(F)c(CN2CCC([C@H](Cc3ccccc3)N(C)C(=O)c3ccoc3C)CC2)c1. The molecule has 2 heterocycles. The van der Waals surface area contributed by atoms with Gasteiger partial charge in [0.25, 0.3) is 5.91 Å². The van der Waals surface area contributed by atoms with Crippen LogP contribution in [0.4, 0.5) is 4.39 Å². The number of hydrogen-bond donors (Lipinski definition) is 0. The van der Waals surface area contributed by atoms with Crippen LogP contribution in [0.25, 0.3) is 0 Å². The fraction of sp³-hybridized carbons (Fsp3) is 0.393. The van der Waals surface area contributed by atoms with Crippen molar-refractivity contribution in [3.63, 3.8) is 0 Å². The number of benzene rings is 2. The minimum atomic E-state index is -0.203. The third kappa shape index (κ3) is 5.50. The lowest BCUT2D eigenvalue weighted by atomic mass is 9.84. The van der Waals surface area contributed by atoms with Gasteiger partial charge in [-0.25, -0.2) is 4.39 Å². The second-order valence-electron chi connectivity index (χ2n) is 9.13. The number of piperidine rings is 1. The Morgan fingerprint density at radius 1 is 1.18 bits per heavy atom. The van der Waals surface area contributed by atoms with Crippen LogP contribution in [0.5, 0.6) is 5.75 Å². The van der Waals surface area contributed by atoms with Gasteiger partial charge in [-0.15, -0.1) is 0 Å². The highest BCUT2D eigenvalue weighted by molar-refractivity contribution is 5.95. The first kappa shape index (κ1) is 24.0. The van der Waals surface area contributed by atoms with Crippen LogP contribution >= 0.6 is 0 Å². The number of carbonyl (C=O) groups excluding carboxylic acids is 1. The summed E-state index contributed by atoms with van der Waals surface area (Å²) in [4.78, 5) is 17.5. The molecule has 0 aliphatic carbocycles. The van der Waals surface area contributed by atoms with E-state index in [0.29, 0.717) is 35.1 Å². The van der Waals surface area contributed by atoms with Crippen LogP contribution in [0.1, 0.15) is 40.1 Å². The van der Waals surface area contributed by atoms with Crippen LogP contribution in [-0.2, 0) is 13.0 Å². The van der Waals surface area contributed by atoms with E-state index in [1.807, 2.05) is 37.1 Å². The lowest BCUT2D eigenvalue weighted by Gasteiger charge is -2.40. The van der Waals surface area contributed by atoms with Gasteiger partial charge in [0.1, 0.15) is 17.3 Å². The first-order valence-corrected chi connectivity index (χ1v) is 11.9. The predicted octanol–water partition coefficient (Wildman–Crippen LogP) is 5.33. The Kier molecular flexibility index (Phi) is 7.68. The van der Waals surface area contributed by atoms with E-state index in [-0.39, 0.29) is 17.8 Å². The zero-order valence-electron chi connectivity index (χ0n) is 20.2. The van der Waals surface area contributed by atoms with E-state index < -0.39 is 0 Å². The van der Waals surface area contributed by atoms with Crippen molar-refractivity contribution in [3.05, 3.63) is 89.1 Å². The molecular formula is C28H33FN2O3. The Morgan fingerprint density at radius 3 is 2.56 bits per heavy atom. The van der Waals surface area contributed by atoms with E-state index in [4.69, 9.17) is 9.15 Å². The molecule has 6 heteroatoms. The summed E-state index contributed by atoms with van der Waals surface area (Å²) < 4.78 is 25.0. The molecule has 1 aliphatic heterocycles. The number of nitrogens with zero attached hydrogens (tertiary/aromatic N) is 2. The number of amides is 1. The fourth-order valence-corrected chi connectivity index (χ4v) is 4.96. The van der Waals surface area contributed by atoms with Crippen LogP contribution in [0.3, 0.4) is 0 Å². The van der Waals surface area contributed by atoms with Crippen molar-refractivity contribution in [2.24, 2.45) is 5.92 Å². The van der Waals surface area contributed by atoms with Crippen LogP contribution in [0.2, 0.25) is 0 Å². The molecule has 1 atom stereocenters. The number of furan rings is 1. The maximum absolute atomic E-state index is 14.3. The minimum absolute atomic E-state index is 0.00642. The Morgan fingerprint density at radius 2 is 1.91 bits per heavy atom. The summed E-state index contributed by atoms with van der Waals surface area (Å²) in [6, 6.07) is 17.0. The van der Waals surface area contributed by atoms with Gasteiger partial charge in [0, 0.05) is 25.2 Å². The van der Waals surface area contributed by atoms with E-state index in [1.165, 1.54) is 11.6 Å². The summed E-state index contributed by atoms with van der Waals surface area (Å²) in [6.07, 6.45) is 4.27. The smallest absolute Gasteiger partial charge is 0.257 e. The molecule has 1 aromatic heterocycles.